The van der Waals surface area contributed by atoms with E-state index in [1.807, 2.05) is 0 Å². The second kappa shape index (κ2) is 19.8. The van der Waals surface area contributed by atoms with Crippen LogP contribution < -0.4 is 22.9 Å². The summed E-state index contributed by atoms with van der Waals surface area (Å²) in [6.45, 7) is 0. The Balaban J connectivity index is 1.01. The molecule has 0 saturated heterocycles. The first-order chi connectivity index (χ1) is 34.2. The van der Waals surface area contributed by atoms with E-state index in [4.69, 9.17) is 22.9 Å². The van der Waals surface area contributed by atoms with Crippen LogP contribution in [0.2, 0.25) is 0 Å². The van der Waals surface area contributed by atoms with Crippen molar-refractivity contribution in [2.24, 2.45) is 52.4 Å². The lowest BCUT2D eigenvalue weighted by Crippen LogP contribution is -2.10. The normalized spacial score (nSPS) is 12.4. The van der Waals surface area contributed by atoms with Crippen LogP contribution in [-0.4, -0.2) is 48.0 Å². The molecule has 0 atom stereocenters. The Morgan fingerprint density at radius 2 is 0.889 bits per heavy atom. The molecular formula is C48H36N12O10S2. The number of fused-ring (bicyclic) bond motifs is 2. The number of benzene rings is 8. The Morgan fingerprint density at radius 1 is 0.444 bits per heavy atom. The first kappa shape index (κ1) is 48.8. The molecule has 0 spiro atoms. The zero-order valence-electron chi connectivity index (χ0n) is 36.8. The summed E-state index contributed by atoms with van der Waals surface area (Å²) in [5, 5.41) is 56.0. The third kappa shape index (κ3) is 10.7. The van der Waals surface area contributed by atoms with Crippen LogP contribution in [0.15, 0.2) is 184 Å². The molecule has 72 heavy (non-hydrogen) atoms. The van der Waals surface area contributed by atoms with Crippen molar-refractivity contribution in [1.82, 2.24) is 0 Å². The Bertz CT molecular complexity index is 3900. The van der Waals surface area contributed by atoms with Crippen molar-refractivity contribution in [2.75, 3.05) is 11.5 Å². The minimum absolute atomic E-state index is 0.0141. The highest BCUT2D eigenvalue weighted by Crippen LogP contribution is 2.47. The van der Waals surface area contributed by atoms with E-state index in [9.17, 15) is 45.7 Å². The molecule has 0 saturated carbocycles. The lowest BCUT2D eigenvalue weighted by atomic mass is 10.0. The molecule has 0 radical (unpaired) electrons. The topological polar surface area (TPSA) is 386 Å². The van der Waals surface area contributed by atoms with E-state index in [0.717, 1.165) is 12.1 Å². The molecule has 360 valence electrons. The van der Waals surface area contributed by atoms with E-state index in [0.29, 0.717) is 33.6 Å². The van der Waals surface area contributed by atoms with Gasteiger partial charge in [0.1, 0.15) is 21.2 Å². The number of aromatic hydroxyl groups is 2. The van der Waals surface area contributed by atoms with Crippen LogP contribution in [0.3, 0.4) is 0 Å². The van der Waals surface area contributed by atoms with Gasteiger partial charge in [0.25, 0.3) is 20.2 Å². The molecule has 0 fully saturated rings. The lowest BCUT2D eigenvalue weighted by molar-refractivity contribution is 0.0992. The van der Waals surface area contributed by atoms with E-state index < -0.39 is 53.3 Å². The maximum atomic E-state index is 12.7. The number of rotatable bonds is 14. The molecule has 0 heterocycles. The highest BCUT2D eigenvalue weighted by atomic mass is 32.2. The summed E-state index contributed by atoms with van der Waals surface area (Å²) in [6, 6.07) is 32.1. The largest absolute Gasteiger partial charge is 0.505 e. The average molecular weight is 1010 g/mol. The highest BCUT2D eigenvalue weighted by molar-refractivity contribution is 7.86. The van der Waals surface area contributed by atoms with E-state index in [-0.39, 0.29) is 67.2 Å². The fraction of sp³-hybridized carbons (Fsp3) is 0. The van der Waals surface area contributed by atoms with Crippen molar-refractivity contribution in [3.05, 3.63) is 156 Å². The minimum Gasteiger partial charge on any atom is -0.505 e. The maximum absolute atomic E-state index is 12.7. The Kier molecular flexibility index (Phi) is 13.4. The molecule has 12 N–H and O–H groups in total. The summed E-state index contributed by atoms with van der Waals surface area (Å²) < 4.78 is 70.9. The number of azo groups is 4. The van der Waals surface area contributed by atoms with Crippen molar-refractivity contribution < 1.29 is 45.7 Å². The van der Waals surface area contributed by atoms with Crippen LogP contribution in [-0.2, 0) is 20.2 Å². The summed E-state index contributed by atoms with van der Waals surface area (Å²) >= 11 is 0. The molecular weight excluding hydrogens is 969 g/mol. The summed E-state index contributed by atoms with van der Waals surface area (Å²) in [6.07, 6.45) is 2.93. The van der Waals surface area contributed by atoms with Crippen molar-refractivity contribution in [1.29, 1.82) is 0 Å². The number of nitrogens with two attached hydrogens (primary N) is 4. The van der Waals surface area contributed by atoms with Gasteiger partial charge in [-0.1, -0.05) is 30.4 Å². The lowest BCUT2D eigenvalue weighted by Gasteiger charge is -2.12. The van der Waals surface area contributed by atoms with Gasteiger partial charge in [-0.15, -0.1) is 20.5 Å². The minimum atomic E-state index is -5.13. The van der Waals surface area contributed by atoms with Gasteiger partial charge in [-0.05, 0) is 126 Å². The van der Waals surface area contributed by atoms with E-state index in [1.54, 1.807) is 60.7 Å². The SMILES string of the molecule is NC(=O)c1ccc(N=Nc2ccc(N)c3c(O)c(N=Nc4ccc(/C=C/c5ccc(N=Nc6c(S(=O)(=O)O)cc7c(N=Nc8ccc(C(N)=O)cc8)ccc(N)c7c6O)cc5S(=O)(=O)O)cc4)ccc23)cc1. The van der Waals surface area contributed by atoms with Gasteiger partial charge < -0.3 is 33.1 Å². The van der Waals surface area contributed by atoms with Gasteiger partial charge in [0.2, 0.25) is 11.8 Å². The first-order valence-electron chi connectivity index (χ1n) is 20.7. The maximum Gasteiger partial charge on any atom is 0.296 e. The standard InChI is InChI=1S/C48H36N12O10S2/c49-35-18-21-37(57-53-30-12-6-27(7-13-30)47(51)63)33-17-20-39(45(61)42(33)35)59-55-29-10-2-25(3-11-29)1-4-26-5-16-32(23-40(26)71(65,66)67)56-60-44-41(72(68,69)70)24-34-38(22-19-36(50)43(34)46(44)62)58-54-31-14-8-28(9-15-31)48(52)64/h1-24,61-62H,49-50H2,(H2,51,63)(H2,52,64)(H,65,66,67)(H,68,69,70)/b4-1+,57-53?,58-54?,59-55?,60-56?. The Hall–Kier alpha value is -9.62. The van der Waals surface area contributed by atoms with Gasteiger partial charge in [-0.3, -0.25) is 18.7 Å². The molecule has 22 nitrogen and oxygen atoms in total. The number of anilines is 2. The van der Waals surface area contributed by atoms with Gasteiger partial charge in [0, 0.05) is 33.3 Å². The third-order valence-electron chi connectivity index (χ3n) is 10.7. The summed E-state index contributed by atoms with van der Waals surface area (Å²) in [5.74, 6) is -2.31. The smallest absolute Gasteiger partial charge is 0.296 e. The number of primary amides is 2. The highest BCUT2D eigenvalue weighted by Gasteiger charge is 2.25. The van der Waals surface area contributed by atoms with Crippen molar-refractivity contribution >= 4 is 123 Å². The molecule has 8 aromatic carbocycles. The Morgan fingerprint density at radius 3 is 1.40 bits per heavy atom. The van der Waals surface area contributed by atoms with Crippen LogP contribution in [0.1, 0.15) is 31.8 Å². The zero-order valence-corrected chi connectivity index (χ0v) is 38.4. The molecule has 0 unspecified atom stereocenters. The van der Waals surface area contributed by atoms with E-state index in [2.05, 4.69) is 40.9 Å². The van der Waals surface area contributed by atoms with Gasteiger partial charge in [-0.2, -0.15) is 37.3 Å². The third-order valence-corrected chi connectivity index (χ3v) is 12.4. The van der Waals surface area contributed by atoms with E-state index in [1.165, 1.54) is 72.8 Å². The number of phenols is 2. The number of nitrogen functional groups attached to an aromatic ring is 2. The molecule has 0 aliphatic heterocycles. The molecule has 2 amide bonds. The zero-order chi connectivity index (χ0) is 51.5. The number of phenolic OH excluding ortho intramolecular Hbond substituents is 2. The summed E-state index contributed by atoms with van der Waals surface area (Å²) in [7, 11) is -10.0. The second-order valence-electron chi connectivity index (χ2n) is 15.4. The van der Waals surface area contributed by atoms with Gasteiger partial charge in [-0.25, -0.2) is 0 Å². The fourth-order valence-corrected chi connectivity index (χ4v) is 8.41. The van der Waals surface area contributed by atoms with E-state index >= 15 is 0 Å². The van der Waals surface area contributed by atoms with Gasteiger partial charge in [0.15, 0.2) is 11.5 Å². The van der Waals surface area contributed by atoms with Gasteiger partial charge in [0.05, 0.1) is 44.9 Å². The van der Waals surface area contributed by atoms with Crippen molar-refractivity contribution in [3.8, 4) is 11.5 Å². The quantitative estimate of drug-likeness (QED) is 0.0218. The number of carbonyl (C=O) groups is 2. The van der Waals surface area contributed by atoms with Crippen LogP contribution in [0.5, 0.6) is 11.5 Å². The first-order valence-corrected chi connectivity index (χ1v) is 23.6. The van der Waals surface area contributed by atoms with Crippen LogP contribution in [0, 0.1) is 0 Å². The summed E-state index contributed by atoms with van der Waals surface area (Å²) in [4.78, 5) is 21.3. The molecule has 0 aliphatic rings. The molecule has 8 aromatic rings. The fourth-order valence-electron chi connectivity index (χ4n) is 7.06. The molecule has 8 rings (SSSR count). The van der Waals surface area contributed by atoms with Gasteiger partial charge >= 0.3 is 0 Å². The predicted octanol–water partition coefficient (Wildman–Crippen LogP) is 11.1. The average Bonchev–Trinajstić information content (AvgIpc) is 3.34. The monoisotopic (exact) mass is 1000 g/mol. The van der Waals surface area contributed by atoms with Crippen LogP contribution in [0.4, 0.5) is 56.9 Å². The second-order valence-corrected chi connectivity index (χ2v) is 18.2. The number of amides is 2. The number of hydrogen-bond acceptors (Lipinski definition) is 18. The Labute approximate surface area is 407 Å². The number of hydrogen-bond donors (Lipinski definition) is 8. The van der Waals surface area contributed by atoms with Crippen LogP contribution in [0.25, 0.3) is 33.7 Å². The molecule has 0 bridgehead atoms. The number of nitrogens with zero attached hydrogens (tertiary/aromatic N) is 8. The van der Waals surface area contributed by atoms with Crippen LogP contribution >= 0.6 is 0 Å². The van der Waals surface area contributed by atoms with Crippen molar-refractivity contribution in [2.45, 2.75) is 9.79 Å². The summed E-state index contributed by atoms with van der Waals surface area (Å²) in [5.41, 5.74) is 25.0. The predicted molar refractivity (Wildman–Crippen MR) is 268 cm³/mol. The molecule has 0 aliphatic carbocycles. The van der Waals surface area contributed by atoms with Crippen molar-refractivity contribution in [3.63, 3.8) is 0 Å². The number of carbonyl (C=O) groups excluding carboxylic acids is 2. The molecule has 0 aromatic heterocycles. The molecule has 24 heteroatoms.